The maximum absolute atomic E-state index is 6.59. The van der Waals surface area contributed by atoms with Gasteiger partial charge in [-0.15, -0.1) is 0 Å². The summed E-state index contributed by atoms with van der Waals surface area (Å²) in [5.41, 5.74) is 8.90. The molecule has 1 aliphatic rings. The lowest BCUT2D eigenvalue weighted by Gasteiger charge is -2.36. The van der Waals surface area contributed by atoms with Crippen LogP contribution < -0.4 is 5.73 Å². The molecule has 3 nitrogen and oxygen atoms in total. The molecule has 0 radical (unpaired) electrons. The molecule has 18 heavy (non-hydrogen) atoms. The van der Waals surface area contributed by atoms with E-state index in [0.717, 1.165) is 41.9 Å². The Balaban J connectivity index is 2.18. The highest BCUT2D eigenvalue weighted by Crippen LogP contribution is 2.34. The number of aryl methyl sites for hydroxylation is 2. The fourth-order valence-electron chi connectivity index (χ4n) is 2.89. The Morgan fingerprint density at radius 1 is 1.44 bits per heavy atom. The van der Waals surface area contributed by atoms with Gasteiger partial charge in [0.25, 0.3) is 0 Å². The van der Waals surface area contributed by atoms with Gasteiger partial charge in [-0.25, -0.2) is 0 Å². The molecule has 0 bridgehead atoms. The summed E-state index contributed by atoms with van der Waals surface area (Å²) in [6.07, 6.45) is 5.72. The van der Waals surface area contributed by atoms with E-state index in [9.17, 15) is 0 Å². The van der Waals surface area contributed by atoms with Crippen LogP contribution in [0.5, 0.6) is 0 Å². The molecule has 0 aromatic carbocycles. The van der Waals surface area contributed by atoms with Crippen molar-refractivity contribution in [3.8, 4) is 0 Å². The van der Waals surface area contributed by atoms with Gasteiger partial charge in [0.15, 0.2) is 0 Å². The van der Waals surface area contributed by atoms with Gasteiger partial charge in [0.1, 0.15) is 0 Å². The number of hydrogen-bond donors (Lipinski definition) is 1. The highest BCUT2D eigenvalue weighted by molar-refractivity contribution is 9.10. The highest BCUT2D eigenvalue weighted by Gasteiger charge is 2.32. The SMILES string of the molecule is CCn1nc(C)c(Br)c1CC1(N)CCC(C)CC1. The zero-order valence-corrected chi connectivity index (χ0v) is 13.3. The summed E-state index contributed by atoms with van der Waals surface area (Å²) in [7, 11) is 0. The van der Waals surface area contributed by atoms with Crippen molar-refractivity contribution in [2.45, 2.75) is 65.0 Å². The van der Waals surface area contributed by atoms with Crippen molar-refractivity contribution in [3.05, 3.63) is 15.9 Å². The van der Waals surface area contributed by atoms with Crippen LogP contribution >= 0.6 is 15.9 Å². The summed E-state index contributed by atoms with van der Waals surface area (Å²) in [6, 6.07) is 0. The van der Waals surface area contributed by atoms with Gasteiger partial charge in [0, 0.05) is 18.5 Å². The number of hydrogen-bond acceptors (Lipinski definition) is 2. The Kier molecular flexibility index (Phi) is 4.17. The first-order valence-electron chi connectivity index (χ1n) is 6.96. The summed E-state index contributed by atoms with van der Waals surface area (Å²) in [5, 5.41) is 4.55. The highest BCUT2D eigenvalue weighted by atomic mass is 79.9. The van der Waals surface area contributed by atoms with Gasteiger partial charge in [-0.1, -0.05) is 6.92 Å². The maximum atomic E-state index is 6.59. The van der Waals surface area contributed by atoms with Gasteiger partial charge < -0.3 is 5.73 Å². The fourth-order valence-corrected chi connectivity index (χ4v) is 3.31. The molecule has 1 fully saturated rings. The maximum Gasteiger partial charge on any atom is 0.0738 e. The summed E-state index contributed by atoms with van der Waals surface area (Å²) in [6.45, 7) is 7.42. The van der Waals surface area contributed by atoms with E-state index in [4.69, 9.17) is 5.73 Å². The molecule has 0 atom stereocenters. The number of nitrogens with zero attached hydrogens (tertiary/aromatic N) is 2. The number of rotatable bonds is 3. The number of halogens is 1. The van der Waals surface area contributed by atoms with Crippen LogP contribution in [-0.4, -0.2) is 15.3 Å². The van der Waals surface area contributed by atoms with Gasteiger partial charge in [-0.2, -0.15) is 5.10 Å². The Bertz CT molecular complexity index is 417. The van der Waals surface area contributed by atoms with Crippen LogP contribution in [0.15, 0.2) is 4.47 Å². The van der Waals surface area contributed by atoms with E-state index in [1.165, 1.54) is 18.5 Å². The molecule has 1 aromatic heterocycles. The van der Waals surface area contributed by atoms with Crippen molar-refractivity contribution in [1.29, 1.82) is 0 Å². The number of nitrogens with two attached hydrogens (primary N) is 1. The second kappa shape index (κ2) is 5.33. The third-order valence-electron chi connectivity index (χ3n) is 4.24. The second-order valence-corrected chi connectivity index (χ2v) is 6.68. The average Bonchev–Trinajstić information content (AvgIpc) is 2.61. The van der Waals surface area contributed by atoms with Crippen molar-refractivity contribution in [1.82, 2.24) is 9.78 Å². The molecule has 0 aliphatic heterocycles. The summed E-state index contributed by atoms with van der Waals surface area (Å²) in [5.74, 6) is 0.836. The van der Waals surface area contributed by atoms with Gasteiger partial charge in [0.05, 0.1) is 15.9 Å². The molecule has 4 heteroatoms. The van der Waals surface area contributed by atoms with Crippen molar-refractivity contribution in [3.63, 3.8) is 0 Å². The monoisotopic (exact) mass is 313 g/mol. The third kappa shape index (κ3) is 2.80. The van der Waals surface area contributed by atoms with Crippen LogP contribution in [0.3, 0.4) is 0 Å². The largest absolute Gasteiger partial charge is 0.325 e. The topological polar surface area (TPSA) is 43.8 Å². The van der Waals surface area contributed by atoms with Gasteiger partial charge in [0.2, 0.25) is 0 Å². The summed E-state index contributed by atoms with van der Waals surface area (Å²) < 4.78 is 3.24. The lowest BCUT2D eigenvalue weighted by molar-refractivity contribution is 0.239. The molecule has 1 aromatic rings. The normalized spacial score (nSPS) is 28.6. The Morgan fingerprint density at radius 2 is 2.06 bits per heavy atom. The molecule has 0 unspecified atom stereocenters. The zero-order valence-electron chi connectivity index (χ0n) is 11.7. The minimum Gasteiger partial charge on any atom is -0.325 e. The minimum atomic E-state index is -0.0333. The first-order valence-corrected chi connectivity index (χ1v) is 7.75. The van der Waals surface area contributed by atoms with Crippen LogP contribution in [-0.2, 0) is 13.0 Å². The molecular weight excluding hydrogens is 290 g/mol. The quantitative estimate of drug-likeness (QED) is 0.929. The van der Waals surface area contributed by atoms with E-state index < -0.39 is 0 Å². The molecule has 2 N–H and O–H groups in total. The van der Waals surface area contributed by atoms with Crippen LogP contribution in [0, 0.1) is 12.8 Å². The van der Waals surface area contributed by atoms with Crippen molar-refractivity contribution in [2.75, 3.05) is 0 Å². The van der Waals surface area contributed by atoms with Gasteiger partial charge >= 0.3 is 0 Å². The zero-order chi connectivity index (χ0) is 13.3. The first kappa shape index (κ1) is 14.1. The van der Waals surface area contributed by atoms with E-state index in [2.05, 4.69) is 39.6 Å². The lowest BCUT2D eigenvalue weighted by atomic mass is 9.75. The smallest absolute Gasteiger partial charge is 0.0738 e. The van der Waals surface area contributed by atoms with Crippen molar-refractivity contribution in [2.24, 2.45) is 11.7 Å². The van der Waals surface area contributed by atoms with E-state index >= 15 is 0 Å². The van der Waals surface area contributed by atoms with Gasteiger partial charge in [-0.3, -0.25) is 4.68 Å². The standard InChI is InChI=1S/C14H24BrN3/c1-4-18-12(13(15)11(3)17-18)9-14(16)7-5-10(2)6-8-14/h10H,4-9,16H2,1-3H3. The second-order valence-electron chi connectivity index (χ2n) is 5.88. The van der Waals surface area contributed by atoms with E-state index in [-0.39, 0.29) is 5.54 Å². The predicted molar refractivity (Wildman–Crippen MR) is 78.6 cm³/mol. The molecule has 0 spiro atoms. The van der Waals surface area contributed by atoms with Crippen LogP contribution in [0.1, 0.15) is 50.9 Å². The summed E-state index contributed by atoms with van der Waals surface area (Å²) >= 11 is 3.67. The molecule has 2 rings (SSSR count). The molecule has 1 aliphatic carbocycles. The minimum absolute atomic E-state index is 0.0333. The molecule has 0 amide bonds. The van der Waals surface area contributed by atoms with Crippen LogP contribution in [0.25, 0.3) is 0 Å². The number of aromatic nitrogens is 2. The molecule has 0 saturated heterocycles. The van der Waals surface area contributed by atoms with Crippen LogP contribution in [0.4, 0.5) is 0 Å². The van der Waals surface area contributed by atoms with Crippen LogP contribution in [0.2, 0.25) is 0 Å². The Morgan fingerprint density at radius 3 is 2.61 bits per heavy atom. The predicted octanol–water partition coefficient (Wildman–Crippen LogP) is 3.42. The Hall–Kier alpha value is -0.350. The molecular formula is C14H24BrN3. The molecule has 1 saturated carbocycles. The average molecular weight is 314 g/mol. The third-order valence-corrected chi connectivity index (χ3v) is 5.27. The Labute approximate surface area is 118 Å². The lowest BCUT2D eigenvalue weighted by Crippen LogP contribution is -2.45. The summed E-state index contributed by atoms with van der Waals surface area (Å²) in [4.78, 5) is 0. The first-order chi connectivity index (χ1) is 8.45. The molecule has 1 heterocycles. The van der Waals surface area contributed by atoms with Crippen molar-refractivity contribution >= 4 is 15.9 Å². The van der Waals surface area contributed by atoms with E-state index in [1.54, 1.807) is 0 Å². The van der Waals surface area contributed by atoms with E-state index in [0.29, 0.717) is 0 Å². The van der Waals surface area contributed by atoms with Gasteiger partial charge in [-0.05, 0) is 61.4 Å². The molecule has 102 valence electrons. The fraction of sp³-hybridized carbons (Fsp3) is 0.786. The van der Waals surface area contributed by atoms with E-state index in [1.807, 2.05) is 6.92 Å². The van der Waals surface area contributed by atoms with Crippen molar-refractivity contribution < 1.29 is 0 Å².